The molecule has 0 aliphatic rings. The van der Waals surface area contributed by atoms with Crippen molar-refractivity contribution < 1.29 is 4.79 Å². The monoisotopic (exact) mass is 278 g/mol. The fourth-order valence-corrected chi connectivity index (χ4v) is 2.74. The van der Waals surface area contributed by atoms with Crippen LogP contribution in [0.3, 0.4) is 0 Å². The van der Waals surface area contributed by atoms with Crippen LogP contribution >= 0.6 is 0 Å². The van der Waals surface area contributed by atoms with Crippen LogP contribution in [-0.4, -0.2) is 10.8 Å². The van der Waals surface area contributed by atoms with Crippen molar-refractivity contribution >= 4 is 22.4 Å². The van der Waals surface area contributed by atoms with Crippen LogP contribution in [0, 0.1) is 6.92 Å². The zero-order valence-electron chi connectivity index (χ0n) is 12.2. The van der Waals surface area contributed by atoms with Crippen LogP contribution in [0.15, 0.2) is 42.6 Å². The van der Waals surface area contributed by atoms with E-state index < -0.39 is 0 Å². The van der Waals surface area contributed by atoms with Gasteiger partial charge in [0.05, 0.1) is 0 Å². The Bertz CT molecular complexity index is 830. The van der Waals surface area contributed by atoms with Gasteiger partial charge in [-0.15, -0.1) is 0 Å². The first-order valence-corrected chi connectivity index (χ1v) is 7.12. The number of anilines is 1. The number of rotatable bonds is 3. The van der Waals surface area contributed by atoms with Crippen molar-refractivity contribution in [2.24, 2.45) is 0 Å². The number of carbonyl (C=O) groups excluding carboxylic acids is 1. The molecule has 0 amide bonds. The summed E-state index contributed by atoms with van der Waals surface area (Å²) in [6.07, 6.45) is 2.73. The molecule has 2 aromatic carbocycles. The van der Waals surface area contributed by atoms with E-state index in [-0.39, 0.29) is 5.78 Å². The van der Waals surface area contributed by atoms with Crippen molar-refractivity contribution in [3.05, 3.63) is 64.8 Å². The average Bonchev–Trinajstić information content (AvgIpc) is 2.93. The lowest BCUT2D eigenvalue weighted by Gasteiger charge is -2.07. The summed E-state index contributed by atoms with van der Waals surface area (Å²) in [5.74, 6) is 0.0132. The number of benzene rings is 2. The third-order valence-corrected chi connectivity index (χ3v) is 4.05. The molecule has 0 bridgehead atoms. The number of nitrogens with one attached hydrogen (secondary N) is 1. The smallest absolute Gasteiger partial charge is 0.195 e. The molecule has 3 rings (SSSR count). The van der Waals surface area contributed by atoms with Crippen molar-refractivity contribution in [2.75, 3.05) is 5.73 Å². The molecule has 0 fully saturated rings. The molecule has 0 radical (unpaired) electrons. The van der Waals surface area contributed by atoms with E-state index in [4.69, 9.17) is 5.73 Å². The highest BCUT2D eigenvalue weighted by Crippen LogP contribution is 2.26. The molecular weight excluding hydrogens is 260 g/mol. The highest BCUT2D eigenvalue weighted by molar-refractivity contribution is 6.17. The van der Waals surface area contributed by atoms with Crippen LogP contribution in [0.1, 0.15) is 34.0 Å². The quantitative estimate of drug-likeness (QED) is 0.564. The second-order valence-corrected chi connectivity index (χ2v) is 5.24. The van der Waals surface area contributed by atoms with E-state index in [1.165, 1.54) is 5.56 Å². The molecule has 3 nitrogen and oxygen atoms in total. The van der Waals surface area contributed by atoms with Crippen molar-refractivity contribution in [1.29, 1.82) is 0 Å². The highest BCUT2D eigenvalue weighted by Gasteiger charge is 2.17. The van der Waals surface area contributed by atoms with Gasteiger partial charge in [0.1, 0.15) is 0 Å². The zero-order valence-corrected chi connectivity index (χ0v) is 12.2. The van der Waals surface area contributed by atoms with Gasteiger partial charge in [-0.05, 0) is 30.5 Å². The first kappa shape index (κ1) is 13.4. The Labute approximate surface area is 123 Å². The number of aryl methyl sites for hydroxylation is 1. The summed E-state index contributed by atoms with van der Waals surface area (Å²) in [6, 6.07) is 11.5. The molecule has 0 aliphatic carbocycles. The minimum Gasteiger partial charge on any atom is -0.398 e. The van der Waals surface area contributed by atoms with E-state index in [1.54, 1.807) is 6.20 Å². The van der Waals surface area contributed by atoms with Crippen LogP contribution in [-0.2, 0) is 6.42 Å². The Kier molecular flexibility index (Phi) is 3.26. The van der Waals surface area contributed by atoms with Gasteiger partial charge in [0.2, 0.25) is 0 Å². The van der Waals surface area contributed by atoms with Gasteiger partial charge in [0.15, 0.2) is 5.78 Å². The molecule has 3 N–H and O–H groups in total. The fraction of sp³-hybridized carbons (Fsp3) is 0.167. The van der Waals surface area contributed by atoms with E-state index in [1.807, 2.05) is 37.3 Å². The van der Waals surface area contributed by atoms with E-state index >= 15 is 0 Å². The van der Waals surface area contributed by atoms with E-state index in [9.17, 15) is 4.79 Å². The number of H-pyrrole nitrogens is 1. The van der Waals surface area contributed by atoms with Gasteiger partial charge in [-0.2, -0.15) is 0 Å². The van der Waals surface area contributed by atoms with Gasteiger partial charge >= 0.3 is 0 Å². The lowest BCUT2D eigenvalue weighted by Crippen LogP contribution is -2.05. The van der Waals surface area contributed by atoms with Crippen molar-refractivity contribution in [3.63, 3.8) is 0 Å². The highest BCUT2D eigenvalue weighted by atomic mass is 16.1. The van der Waals surface area contributed by atoms with Gasteiger partial charge in [0.25, 0.3) is 0 Å². The minimum absolute atomic E-state index is 0.0132. The standard InChI is InChI=1S/C18H18N2O/c1-3-12-6-4-8-14-15(10-20-17(12)14)18(21)13-7-5-9-16(19)11(13)2/h4-10,20H,3,19H2,1-2H3. The molecule has 0 atom stereocenters. The maximum Gasteiger partial charge on any atom is 0.195 e. The molecular formula is C18H18N2O. The van der Waals surface area contributed by atoms with Crippen molar-refractivity contribution in [3.8, 4) is 0 Å². The van der Waals surface area contributed by atoms with Gasteiger partial charge in [-0.25, -0.2) is 0 Å². The molecule has 1 heterocycles. The summed E-state index contributed by atoms with van der Waals surface area (Å²) in [6.45, 7) is 3.99. The summed E-state index contributed by atoms with van der Waals surface area (Å²) in [5.41, 5.74) is 11.0. The summed E-state index contributed by atoms with van der Waals surface area (Å²) < 4.78 is 0. The number of hydrogen-bond donors (Lipinski definition) is 2. The van der Waals surface area contributed by atoms with E-state index in [0.29, 0.717) is 16.8 Å². The number of aromatic amines is 1. The third kappa shape index (κ3) is 2.11. The molecule has 3 heteroatoms. The molecule has 0 spiro atoms. The average molecular weight is 278 g/mol. The van der Waals surface area contributed by atoms with Crippen LogP contribution in [0.2, 0.25) is 0 Å². The molecule has 0 aliphatic heterocycles. The molecule has 106 valence electrons. The zero-order chi connectivity index (χ0) is 15.0. The van der Waals surface area contributed by atoms with Gasteiger partial charge in [-0.3, -0.25) is 4.79 Å². The van der Waals surface area contributed by atoms with Crippen LogP contribution < -0.4 is 5.73 Å². The Morgan fingerprint density at radius 1 is 1.14 bits per heavy atom. The summed E-state index contributed by atoms with van der Waals surface area (Å²) in [7, 11) is 0. The molecule has 0 saturated carbocycles. The minimum atomic E-state index is 0.0132. The Hall–Kier alpha value is -2.55. The maximum absolute atomic E-state index is 12.8. The number of aromatic nitrogens is 1. The molecule has 21 heavy (non-hydrogen) atoms. The van der Waals surface area contributed by atoms with Crippen molar-refractivity contribution in [2.45, 2.75) is 20.3 Å². The van der Waals surface area contributed by atoms with E-state index in [0.717, 1.165) is 22.9 Å². The van der Waals surface area contributed by atoms with Crippen LogP contribution in [0.25, 0.3) is 10.9 Å². The first-order valence-electron chi connectivity index (χ1n) is 7.12. The second kappa shape index (κ2) is 5.09. The Balaban J connectivity index is 2.17. The van der Waals surface area contributed by atoms with E-state index in [2.05, 4.69) is 18.0 Å². The van der Waals surface area contributed by atoms with Gasteiger partial charge < -0.3 is 10.7 Å². The molecule has 0 saturated heterocycles. The number of hydrogen-bond acceptors (Lipinski definition) is 2. The predicted octanol–water partition coefficient (Wildman–Crippen LogP) is 3.85. The number of nitrogen functional groups attached to an aromatic ring is 1. The topological polar surface area (TPSA) is 58.9 Å². The summed E-state index contributed by atoms with van der Waals surface area (Å²) in [5, 5.41) is 0.973. The van der Waals surface area contributed by atoms with Gasteiger partial charge in [-0.1, -0.05) is 37.3 Å². The number of nitrogens with two attached hydrogens (primary N) is 1. The summed E-state index contributed by atoms with van der Waals surface area (Å²) in [4.78, 5) is 16.1. The SMILES string of the molecule is CCc1cccc2c(C(=O)c3cccc(N)c3C)c[nH]c12. The lowest BCUT2D eigenvalue weighted by atomic mass is 9.97. The second-order valence-electron chi connectivity index (χ2n) is 5.24. The van der Waals surface area contributed by atoms with Gasteiger partial charge in [0, 0.05) is 33.9 Å². The third-order valence-electron chi connectivity index (χ3n) is 4.05. The van der Waals surface area contributed by atoms with Crippen molar-refractivity contribution in [1.82, 2.24) is 4.98 Å². The maximum atomic E-state index is 12.8. The van der Waals surface area contributed by atoms with Crippen LogP contribution in [0.5, 0.6) is 0 Å². The molecule has 0 unspecified atom stereocenters. The largest absolute Gasteiger partial charge is 0.398 e. The number of ketones is 1. The fourth-order valence-electron chi connectivity index (χ4n) is 2.74. The number of carbonyl (C=O) groups is 1. The molecule has 3 aromatic rings. The number of fused-ring (bicyclic) bond motifs is 1. The first-order chi connectivity index (χ1) is 10.1. The number of para-hydroxylation sites is 1. The normalized spacial score (nSPS) is 11.0. The van der Waals surface area contributed by atoms with Crippen LogP contribution in [0.4, 0.5) is 5.69 Å². The molecule has 1 aromatic heterocycles. The Morgan fingerprint density at radius 3 is 2.67 bits per heavy atom. The summed E-state index contributed by atoms with van der Waals surface area (Å²) >= 11 is 0. The Morgan fingerprint density at radius 2 is 1.90 bits per heavy atom. The predicted molar refractivity (Wildman–Crippen MR) is 86.7 cm³/mol. The lowest BCUT2D eigenvalue weighted by molar-refractivity contribution is 0.104.